The van der Waals surface area contributed by atoms with Crippen LogP contribution in [0, 0.1) is 6.92 Å². The highest BCUT2D eigenvalue weighted by molar-refractivity contribution is 6.43. The summed E-state index contributed by atoms with van der Waals surface area (Å²) in [4.78, 5) is 13.9. The predicted molar refractivity (Wildman–Crippen MR) is 49.6 cm³/mol. The van der Waals surface area contributed by atoms with E-state index in [9.17, 15) is 4.79 Å². The SMILES string of the molecule is CC(=O)C(=[N+]=[N-])c1ccc(C)cc1. The molecule has 13 heavy (non-hydrogen) atoms. The first-order valence-electron chi connectivity index (χ1n) is 3.95. The lowest BCUT2D eigenvalue weighted by molar-refractivity contribution is -0.115. The van der Waals surface area contributed by atoms with Gasteiger partial charge >= 0.3 is 5.71 Å². The van der Waals surface area contributed by atoms with Gasteiger partial charge in [0.2, 0.25) is 5.78 Å². The number of hydrogen-bond donors (Lipinski definition) is 0. The van der Waals surface area contributed by atoms with Crippen molar-refractivity contribution in [3.05, 3.63) is 40.9 Å². The number of nitrogens with zero attached hydrogens (tertiary/aromatic N) is 2. The van der Waals surface area contributed by atoms with E-state index in [0.29, 0.717) is 5.56 Å². The fraction of sp³-hybridized carbons (Fsp3) is 0.200. The number of Topliss-reactive ketones (excluding diaryl/α,β-unsaturated/α-hetero) is 1. The van der Waals surface area contributed by atoms with Gasteiger partial charge in [-0.3, -0.25) is 4.79 Å². The van der Waals surface area contributed by atoms with Gasteiger partial charge in [-0.2, -0.15) is 4.79 Å². The van der Waals surface area contributed by atoms with Crippen LogP contribution < -0.4 is 0 Å². The van der Waals surface area contributed by atoms with Gasteiger partial charge in [0.05, 0.1) is 5.56 Å². The van der Waals surface area contributed by atoms with Crippen molar-refractivity contribution in [1.82, 2.24) is 0 Å². The number of ketones is 1. The van der Waals surface area contributed by atoms with Crippen LogP contribution in [-0.2, 0) is 4.79 Å². The molecule has 0 fully saturated rings. The molecule has 1 aromatic carbocycles. The number of carbonyl (C=O) groups is 1. The van der Waals surface area contributed by atoms with Gasteiger partial charge in [-0.15, -0.1) is 0 Å². The molecule has 0 spiro atoms. The Bertz CT molecular complexity index is 372. The van der Waals surface area contributed by atoms with Gasteiger partial charge in [-0.25, -0.2) is 0 Å². The molecule has 0 radical (unpaired) electrons. The smallest absolute Gasteiger partial charge is 0.361 e. The first-order valence-corrected chi connectivity index (χ1v) is 3.95. The molecule has 0 aliphatic heterocycles. The lowest BCUT2D eigenvalue weighted by Gasteiger charge is -1.93. The van der Waals surface area contributed by atoms with Gasteiger partial charge in [0, 0.05) is 6.92 Å². The Morgan fingerprint density at radius 1 is 1.31 bits per heavy atom. The molecule has 0 bridgehead atoms. The lowest BCUT2D eigenvalue weighted by atomic mass is 10.1. The van der Waals surface area contributed by atoms with E-state index in [-0.39, 0.29) is 11.5 Å². The Labute approximate surface area is 76.6 Å². The van der Waals surface area contributed by atoms with E-state index in [1.807, 2.05) is 19.1 Å². The third kappa shape index (κ3) is 2.10. The van der Waals surface area contributed by atoms with Gasteiger partial charge in [-0.05, 0) is 19.1 Å². The number of carbonyl (C=O) groups excluding carboxylic acids is 1. The van der Waals surface area contributed by atoms with E-state index in [2.05, 4.69) is 4.79 Å². The Balaban J connectivity index is 3.15. The van der Waals surface area contributed by atoms with Crippen LogP contribution in [0.4, 0.5) is 0 Å². The fourth-order valence-electron chi connectivity index (χ4n) is 1.04. The maximum atomic E-state index is 11.0. The van der Waals surface area contributed by atoms with E-state index in [1.54, 1.807) is 12.1 Å². The Morgan fingerprint density at radius 3 is 2.23 bits per heavy atom. The van der Waals surface area contributed by atoms with Crippen LogP contribution in [0.3, 0.4) is 0 Å². The fourth-order valence-corrected chi connectivity index (χ4v) is 1.04. The minimum Gasteiger partial charge on any atom is -0.361 e. The molecule has 0 N–H and O–H groups in total. The summed E-state index contributed by atoms with van der Waals surface area (Å²) < 4.78 is 0. The number of benzene rings is 1. The van der Waals surface area contributed by atoms with Crippen LogP contribution in [0.2, 0.25) is 0 Å². The van der Waals surface area contributed by atoms with E-state index < -0.39 is 0 Å². The average Bonchev–Trinajstić information content (AvgIpc) is 2.09. The number of hydrogen-bond acceptors (Lipinski definition) is 1. The molecule has 0 amide bonds. The molecule has 0 aromatic heterocycles. The highest BCUT2D eigenvalue weighted by Crippen LogP contribution is 2.03. The molecular weight excluding hydrogens is 164 g/mol. The zero-order chi connectivity index (χ0) is 9.84. The molecule has 0 heterocycles. The second-order valence-electron chi connectivity index (χ2n) is 2.87. The molecule has 3 heteroatoms. The van der Waals surface area contributed by atoms with E-state index in [1.165, 1.54) is 6.92 Å². The normalized spacial score (nSPS) is 9.08. The molecule has 0 aliphatic carbocycles. The summed E-state index contributed by atoms with van der Waals surface area (Å²) in [5.74, 6) is -0.244. The summed E-state index contributed by atoms with van der Waals surface area (Å²) in [5, 5.41) is 0. The highest BCUT2D eigenvalue weighted by Gasteiger charge is 2.16. The van der Waals surface area contributed by atoms with Crippen molar-refractivity contribution in [1.29, 1.82) is 0 Å². The van der Waals surface area contributed by atoms with Crippen LogP contribution in [-0.4, -0.2) is 16.3 Å². The first-order chi connectivity index (χ1) is 6.15. The van der Waals surface area contributed by atoms with Crippen molar-refractivity contribution in [3.8, 4) is 0 Å². The van der Waals surface area contributed by atoms with Gasteiger partial charge in [-0.1, -0.05) is 17.7 Å². The monoisotopic (exact) mass is 174 g/mol. The topological polar surface area (TPSA) is 53.5 Å². The second kappa shape index (κ2) is 3.78. The van der Waals surface area contributed by atoms with Crippen LogP contribution >= 0.6 is 0 Å². The van der Waals surface area contributed by atoms with E-state index in [0.717, 1.165) is 5.56 Å². The van der Waals surface area contributed by atoms with E-state index >= 15 is 0 Å². The molecule has 3 nitrogen and oxygen atoms in total. The molecule has 0 saturated carbocycles. The van der Waals surface area contributed by atoms with Crippen molar-refractivity contribution in [2.75, 3.05) is 0 Å². The predicted octanol–water partition coefficient (Wildman–Crippen LogP) is 1.60. The summed E-state index contributed by atoms with van der Waals surface area (Å²) in [6.45, 7) is 3.32. The maximum Gasteiger partial charge on any atom is 0.364 e. The third-order valence-corrected chi connectivity index (χ3v) is 1.76. The summed E-state index contributed by atoms with van der Waals surface area (Å²) in [6, 6.07) is 7.24. The van der Waals surface area contributed by atoms with Crippen molar-refractivity contribution in [3.63, 3.8) is 0 Å². The molecule has 0 saturated heterocycles. The van der Waals surface area contributed by atoms with Crippen molar-refractivity contribution in [2.45, 2.75) is 13.8 Å². The number of rotatable bonds is 2. The Morgan fingerprint density at radius 2 is 1.85 bits per heavy atom. The summed E-state index contributed by atoms with van der Waals surface area (Å²) >= 11 is 0. The molecule has 66 valence electrons. The van der Waals surface area contributed by atoms with Gasteiger partial charge < -0.3 is 5.53 Å². The van der Waals surface area contributed by atoms with E-state index in [4.69, 9.17) is 5.53 Å². The molecule has 1 rings (SSSR count). The minimum absolute atomic E-state index is 0.0972. The lowest BCUT2D eigenvalue weighted by Crippen LogP contribution is -2.12. The molecule has 1 aromatic rings. The molecule has 0 atom stereocenters. The third-order valence-electron chi connectivity index (χ3n) is 1.76. The largest absolute Gasteiger partial charge is 0.364 e. The summed E-state index contributed by atoms with van der Waals surface area (Å²) in [5.41, 5.74) is 10.4. The van der Waals surface area contributed by atoms with Gasteiger partial charge in [0.1, 0.15) is 0 Å². The molecule has 0 aliphatic rings. The van der Waals surface area contributed by atoms with Crippen LogP contribution in [0.15, 0.2) is 24.3 Å². The van der Waals surface area contributed by atoms with Crippen molar-refractivity contribution < 1.29 is 9.58 Å². The number of aryl methyl sites for hydroxylation is 1. The molecular formula is C10H10N2O. The second-order valence-corrected chi connectivity index (χ2v) is 2.87. The van der Waals surface area contributed by atoms with Crippen LogP contribution in [0.5, 0.6) is 0 Å². The minimum atomic E-state index is -0.244. The maximum absolute atomic E-state index is 11.0. The molecule has 0 unspecified atom stereocenters. The van der Waals surface area contributed by atoms with Gasteiger partial charge in [0.15, 0.2) is 0 Å². The summed E-state index contributed by atoms with van der Waals surface area (Å²) in [6.07, 6.45) is 0. The quantitative estimate of drug-likeness (QED) is 0.381. The summed E-state index contributed by atoms with van der Waals surface area (Å²) in [7, 11) is 0. The van der Waals surface area contributed by atoms with Crippen molar-refractivity contribution in [2.24, 2.45) is 0 Å². The standard InChI is InChI=1S/C10H10N2O/c1-7-3-5-9(6-4-7)10(12-11)8(2)13/h3-6H,1-2H3. The van der Waals surface area contributed by atoms with Crippen LogP contribution in [0.1, 0.15) is 18.1 Å². The van der Waals surface area contributed by atoms with Crippen LogP contribution in [0.25, 0.3) is 5.53 Å². The average molecular weight is 174 g/mol. The Hall–Kier alpha value is -1.73. The Kier molecular flexibility index (Phi) is 2.72. The highest BCUT2D eigenvalue weighted by atomic mass is 16.1. The van der Waals surface area contributed by atoms with Crippen molar-refractivity contribution >= 4 is 11.5 Å². The first kappa shape index (κ1) is 9.36. The zero-order valence-electron chi connectivity index (χ0n) is 7.61. The zero-order valence-corrected chi connectivity index (χ0v) is 7.61. The van der Waals surface area contributed by atoms with Gasteiger partial charge in [0.25, 0.3) is 0 Å².